The van der Waals surface area contributed by atoms with Gasteiger partial charge in [-0.3, -0.25) is 0 Å². The van der Waals surface area contributed by atoms with E-state index in [0.29, 0.717) is 22.1 Å². The Labute approximate surface area is 220 Å². The second kappa shape index (κ2) is 10.8. The predicted molar refractivity (Wildman–Crippen MR) is 135 cm³/mol. The van der Waals surface area contributed by atoms with Crippen LogP contribution in [0.25, 0.3) is 0 Å². The SMILES string of the molecule is FC(F)(F)c1ccc([S+](c2ccc(OCc3ccc(I)cc3)cc2)c2ccc(C(F)(F)F)cc2)cc1. The lowest BCUT2D eigenvalue weighted by Gasteiger charge is -2.12. The third-order valence-electron chi connectivity index (χ3n) is 5.21. The molecule has 0 radical (unpaired) electrons. The Hall–Kier alpha value is -2.66. The number of ether oxygens (including phenoxy) is 1. The van der Waals surface area contributed by atoms with Gasteiger partial charge in [0.05, 0.1) is 22.0 Å². The fourth-order valence-corrected chi connectivity index (χ4v) is 5.79. The van der Waals surface area contributed by atoms with Crippen molar-refractivity contribution in [2.24, 2.45) is 0 Å². The molecule has 0 aliphatic rings. The van der Waals surface area contributed by atoms with Crippen molar-refractivity contribution in [3.05, 3.63) is 117 Å². The third kappa shape index (κ3) is 6.56. The molecule has 36 heavy (non-hydrogen) atoms. The molecular formula is C27H18F6IOS+. The largest absolute Gasteiger partial charge is 0.489 e. The van der Waals surface area contributed by atoms with E-state index < -0.39 is 34.4 Å². The van der Waals surface area contributed by atoms with Crippen LogP contribution in [0.15, 0.2) is 112 Å². The second-order valence-corrected chi connectivity index (χ2v) is 11.0. The molecule has 0 N–H and O–H groups in total. The first kappa shape index (κ1) is 26.4. The molecule has 9 heteroatoms. The van der Waals surface area contributed by atoms with Gasteiger partial charge < -0.3 is 4.74 Å². The highest BCUT2D eigenvalue weighted by Gasteiger charge is 2.35. The monoisotopic (exact) mass is 631 g/mol. The molecule has 0 unspecified atom stereocenters. The van der Waals surface area contributed by atoms with Crippen LogP contribution < -0.4 is 4.74 Å². The van der Waals surface area contributed by atoms with Gasteiger partial charge in [-0.25, -0.2) is 0 Å². The first-order valence-electron chi connectivity index (χ1n) is 10.6. The van der Waals surface area contributed by atoms with Crippen LogP contribution in [0, 0.1) is 3.57 Å². The molecule has 0 bridgehead atoms. The van der Waals surface area contributed by atoms with Crippen LogP contribution in [0.1, 0.15) is 16.7 Å². The van der Waals surface area contributed by atoms with Crippen LogP contribution in [-0.4, -0.2) is 0 Å². The fraction of sp³-hybridized carbons (Fsp3) is 0.111. The number of alkyl halides is 6. The van der Waals surface area contributed by atoms with E-state index in [9.17, 15) is 26.3 Å². The van der Waals surface area contributed by atoms with E-state index >= 15 is 0 Å². The van der Waals surface area contributed by atoms with Gasteiger partial charge in [0.2, 0.25) is 0 Å². The summed E-state index contributed by atoms with van der Waals surface area (Å²) in [5.41, 5.74) is -0.586. The maximum absolute atomic E-state index is 13.1. The lowest BCUT2D eigenvalue weighted by molar-refractivity contribution is -0.138. The Kier molecular flexibility index (Phi) is 7.89. The third-order valence-corrected chi connectivity index (χ3v) is 8.16. The predicted octanol–water partition coefficient (Wildman–Crippen LogP) is 9.00. The highest BCUT2D eigenvalue weighted by molar-refractivity contribution is 14.1. The van der Waals surface area contributed by atoms with Gasteiger partial charge in [0.25, 0.3) is 0 Å². The average molecular weight is 631 g/mol. The van der Waals surface area contributed by atoms with Crippen LogP contribution in [0.4, 0.5) is 26.3 Å². The van der Waals surface area contributed by atoms with Gasteiger partial charge in [0, 0.05) is 3.57 Å². The molecule has 0 aromatic heterocycles. The van der Waals surface area contributed by atoms with Crippen molar-refractivity contribution in [3.8, 4) is 5.75 Å². The summed E-state index contributed by atoms with van der Waals surface area (Å²) in [6, 6.07) is 24.3. The molecule has 0 atom stereocenters. The van der Waals surface area contributed by atoms with Crippen molar-refractivity contribution >= 4 is 33.5 Å². The Morgan fingerprint density at radius 1 is 0.556 bits per heavy atom. The van der Waals surface area contributed by atoms with Crippen LogP contribution in [0.5, 0.6) is 5.75 Å². The minimum Gasteiger partial charge on any atom is -0.489 e. The average Bonchev–Trinajstić information content (AvgIpc) is 2.84. The molecule has 0 saturated heterocycles. The summed E-state index contributed by atoms with van der Waals surface area (Å²) in [7, 11) is -0.927. The van der Waals surface area contributed by atoms with Gasteiger partial charge in [0.15, 0.2) is 14.7 Å². The minimum atomic E-state index is -4.48. The molecule has 1 nitrogen and oxygen atoms in total. The molecule has 4 aromatic carbocycles. The summed E-state index contributed by atoms with van der Waals surface area (Å²) >= 11 is 2.22. The van der Waals surface area contributed by atoms with Gasteiger partial charge in [-0.1, -0.05) is 12.1 Å². The van der Waals surface area contributed by atoms with E-state index in [0.717, 1.165) is 38.3 Å². The summed E-state index contributed by atoms with van der Waals surface area (Å²) < 4.78 is 85.3. The highest BCUT2D eigenvalue weighted by atomic mass is 127. The van der Waals surface area contributed by atoms with Gasteiger partial charge in [-0.05, 0) is 113 Å². The molecule has 0 spiro atoms. The highest BCUT2D eigenvalue weighted by Crippen LogP contribution is 2.37. The smallest absolute Gasteiger partial charge is 0.416 e. The summed E-state index contributed by atoms with van der Waals surface area (Å²) in [4.78, 5) is 1.83. The molecule has 0 amide bonds. The summed E-state index contributed by atoms with van der Waals surface area (Å²) in [5, 5.41) is 0. The molecule has 0 fully saturated rings. The number of rotatable bonds is 6. The zero-order chi connectivity index (χ0) is 25.9. The lowest BCUT2D eigenvalue weighted by Crippen LogP contribution is -2.09. The van der Waals surface area contributed by atoms with Crippen LogP contribution in [0.3, 0.4) is 0 Å². The Bertz CT molecular complexity index is 1230. The van der Waals surface area contributed by atoms with Crippen molar-refractivity contribution < 1.29 is 31.1 Å². The zero-order valence-electron chi connectivity index (χ0n) is 18.4. The van der Waals surface area contributed by atoms with Gasteiger partial charge in [-0.15, -0.1) is 0 Å². The van der Waals surface area contributed by atoms with E-state index in [-0.39, 0.29) is 0 Å². The molecular weight excluding hydrogens is 613 g/mol. The van der Waals surface area contributed by atoms with Crippen LogP contribution >= 0.6 is 22.6 Å². The normalized spacial score (nSPS) is 12.1. The molecule has 0 heterocycles. The van der Waals surface area contributed by atoms with E-state index in [1.165, 1.54) is 24.3 Å². The van der Waals surface area contributed by atoms with Crippen LogP contribution in [-0.2, 0) is 29.9 Å². The van der Waals surface area contributed by atoms with E-state index in [4.69, 9.17) is 4.74 Å². The molecule has 0 aliphatic carbocycles. The molecule has 186 valence electrons. The molecule has 4 aromatic rings. The first-order valence-corrected chi connectivity index (χ1v) is 12.9. The van der Waals surface area contributed by atoms with Crippen molar-refractivity contribution in [2.75, 3.05) is 0 Å². The Balaban J connectivity index is 1.63. The fourth-order valence-electron chi connectivity index (χ4n) is 3.39. The summed E-state index contributed by atoms with van der Waals surface area (Å²) in [6.45, 7) is 0.361. The quantitative estimate of drug-likeness (QED) is 0.117. The lowest BCUT2D eigenvalue weighted by atomic mass is 10.2. The van der Waals surface area contributed by atoms with Crippen molar-refractivity contribution in [3.63, 3.8) is 0 Å². The van der Waals surface area contributed by atoms with Crippen molar-refractivity contribution in [2.45, 2.75) is 33.6 Å². The van der Waals surface area contributed by atoms with E-state index in [1.807, 2.05) is 24.3 Å². The van der Waals surface area contributed by atoms with Crippen LogP contribution in [0.2, 0.25) is 0 Å². The van der Waals surface area contributed by atoms with E-state index in [2.05, 4.69) is 22.6 Å². The minimum absolute atomic E-state index is 0.361. The molecule has 4 rings (SSSR count). The Morgan fingerprint density at radius 3 is 1.33 bits per heavy atom. The maximum Gasteiger partial charge on any atom is 0.416 e. The maximum atomic E-state index is 13.1. The number of benzene rings is 4. The number of halogens is 7. The van der Waals surface area contributed by atoms with E-state index in [1.54, 1.807) is 24.3 Å². The van der Waals surface area contributed by atoms with Gasteiger partial charge in [0.1, 0.15) is 12.4 Å². The zero-order valence-corrected chi connectivity index (χ0v) is 21.4. The van der Waals surface area contributed by atoms with Gasteiger partial charge in [-0.2, -0.15) is 26.3 Å². The summed E-state index contributed by atoms with van der Waals surface area (Å²) in [5.74, 6) is 0.598. The van der Waals surface area contributed by atoms with Crippen molar-refractivity contribution in [1.82, 2.24) is 0 Å². The molecule has 0 aliphatic heterocycles. The standard InChI is InChI=1S/C27H18F6IOS/c28-26(29,30)19-3-11-23(12-4-19)36(24-13-5-20(6-14-24)27(31,32)33)25-15-9-22(10-16-25)35-17-18-1-7-21(34)8-2-18/h1-16H,17H2/q+1. The second-order valence-electron chi connectivity index (χ2n) is 7.74. The number of hydrogen-bond acceptors (Lipinski definition) is 1. The van der Waals surface area contributed by atoms with Crippen molar-refractivity contribution in [1.29, 1.82) is 0 Å². The van der Waals surface area contributed by atoms with Gasteiger partial charge >= 0.3 is 12.4 Å². The number of hydrogen-bond donors (Lipinski definition) is 0. The summed E-state index contributed by atoms with van der Waals surface area (Å²) in [6.07, 6.45) is -8.97. The Morgan fingerprint density at radius 2 is 0.944 bits per heavy atom. The first-order chi connectivity index (χ1) is 17.0. The topological polar surface area (TPSA) is 9.23 Å². The molecule has 0 saturated carbocycles.